The molecule has 4 rings (SSSR count). The van der Waals surface area contributed by atoms with E-state index in [-0.39, 0.29) is 22.7 Å². The van der Waals surface area contributed by atoms with E-state index in [0.29, 0.717) is 10.8 Å². The third-order valence-corrected chi connectivity index (χ3v) is 8.52. The predicted molar refractivity (Wildman–Crippen MR) is 113 cm³/mol. The first kappa shape index (κ1) is 18.2. The summed E-state index contributed by atoms with van der Waals surface area (Å²) in [6.45, 7) is 4.31. The number of benzene rings is 2. The molecule has 0 radical (unpaired) electrons. The van der Waals surface area contributed by atoms with E-state index in [0.717, 1.165) is 25.7 Å². The lowest BCUT2D eigenvalue weighted by molar-refractivity contribution is 0.420. The standard InChI is InChI=1S/C22H25N2O2P/c1-3-10-19-23-21(25)17-14-8-9-15-18(17)22(26)24(23)20(11-4-2)27(19)16-12-6-5-7-13-16/h5-9,12-15,19-20H,3-4,10-11H2,1-2H3/t19-,20-/m0/s1. The molecule has 1 aromatic heterocycles. The van der Waals surface area contributed by atoms with Gasteiger partial charge in [0, 0.05) is 0 Å². The third-order valence-electron chi connectivity index (χ3n) is 5.39. The molecule has 2 aromatic carbocycles. The first-order valence-electron chi connectivity index (χ1n) is 9.78. The Balaban J connectivity index is 2.05. The van der Waals surface area contributed by atoms with Gasteiger partial charge in [-0.1, -0.05) is 69.2 Å². The maximum absolute atomic E-state index is 13.4. The van der Waals surface area contributed by atoms with Gasteiger partial charge in [-0.3, -0.25) is 9.59 Å². The molecule has 2 atom stereocenters. The molecule has 0 N–H and O–H groups in total. The Morgan fingerprint density at radius 3 is 1.63 bits per heavy atom. The summed E-state index contributed by atoms with van der Waals surface area (Å²) >= 11 is 0. The molecule has 0 saturated heterocycles. The fourth-order valence-electron chi connectivity index (χ4n) is 4.27. The van der Waals surface area contributed by atoms with Crippen molar-refractivity contribution in [2.75, 3.05) is 0 Å². The molecule has 140 valence electrons. The van der Waals surface area contributed by atoms with Crippen molar-refractivity contribution in [2.24, 2.45) is 0 Å². The van der Waals surface area contributed by atoms with Gasteiger partial charge in [-0.2, -0.15) is 0 Å². The summed E-state index contributed by atoms with van der Waals surface area (Å²) in [5, 5.41) is 2.36. The Kier molecular flexibility index (Phi) is 5.01. The largest absolute Gasteiger partial charge is 0.273 e. The zero-order chi connectivity index (χ0) is 19.0. The van der Waals surface area contributed by atoms with Crippen molar-refractivity contribution in [3.05, 3.63) is 75.3 Å². The molecule has 4 nitrogen and oxygen atoms in total. The van der Waals surface area contributed by atoms with Crippen LogP contribution < -0.4 is 16.4 Å². The Hall–Kier alpha value is -2.19. The smallest absolute Gasteiger partial charge is 0.267 e. The van der Waals surface area contributed by atoms with Crippen LogP contribution in [0.4, 0.5) is 0 Å². The minimum Gasteiger partial charge on any atom is -0.267 e. The SMILES string of the molecule is CCC[C@H]1n2c(=O)c3ccccc3c(=O)n2[C@H](CCC)P1c1ccccc1. The number of aromatic nitrogens is 2. The van der Waals surface area contributed by atoms with Crippen LogP contribution in [0.3, 0.4) is 0 Å². The van der Waals surface area contributed by atoms with Crippen LogP contribution in [-0.2, 0) is 0 Å². The highest BCUT2D eigenvalue weighted by molar-refractivity contribution is 7.66. The molecular weight excluding hydrogens is 355 g/mol. The van der Waals surface area contributed by atoms with Gasteiger partial charge in [0.05, 0.1) is 22.3 Å². The number of nitrogens with zero attached hydrogens (tertiary/aromatic N) is 2. The van der Waals surface area contributed by atoms with Crippen LogP contribution in [0.1, 0.15) is 51.1 Å². The second-order valence-corrected chi connectivity index (χ2v) is 9.65. The molecule has 5 heteroatoms. The maximum atomic E-state index is 13.4. The van der Waals surface area contributed by atoms with Gasteiger partial charge in [0.1, 0.15) is 0 Å². The van der Waals surface area contributed by atoms with Crippen LogP contribution in [0, 0.1) is 0 Å². The molecule has 27 heavy (non-hydrogen) atoms. The predicted octanol–water partition coefficient (Wildman–Crippen LogP) is 4.58. The zero-order valence-electron chi connectivity index (χ0n) is 15.8. The van der Waals surface area contributed by atoms with Gasteiger partial charge in [-0.25, -0.2) is 9.36 Å². The number of rotatable bonds is 5. The molecule has 0 aliphatic carbocycles. The fourth-order valence-corrected chi connectivity index (χ4v) is 7.85. The quantitative estimate of drug-likeness (QED) is 0.608. The average molecular weight is 380 g/mol. The molecule has 0 amide bonds. The summed E-state index contributed by atoms with van der Waals surface area (Å²) in [5.74, 6) is 0.155. The van der Waals surface area contributed by atoms with Gasteiger partial charge in [0.15, 0.2) is 0 Å². The van der Waals surface area contributed by atoms with E-state index in [4.69, 9.17) is 0 Å². The third kappa shape index (κ3) is 2.87. The highest BCUT2D eigenvalue weighted by Gasteiger charge is 2.42. The van der Waals surface area contributed by atoms with Crippen LogP contribution in [0.5, 0.6) is 0 Å². The van der Waals surface area contributed by atoms with Gasteiger partial charge in [0.25, 0.3) is 11.1 Å². The summed E-state index contributed by atoms with van der Waals surface area (Å²) in [6.07, 6.45) is 3.81. The number of hydrogen-bond donors (Lipinski definition) is 0. The summed E-state index contributed by atoms with van der Waals surface area (Å²) < 4.78 is 3.63. The van der Waals surface area contributed by atoms with E-state index >= 15 is 0 Å². The fraction of sp³-hybridized carbons (Fsp3) is 0.364. The molecule has 0 saturated carbocycles. The molecule has 0 spiro atoms. The topological polar surface area (TPSA) is 44.0 Å². The summed E-state index contributed by atoms with van der Waals surface area (Å²) in [5.41, 5.74) is -0.0450. The second kappa shape index (κ2) is 7.44. The Morgan fingerprint density at radius 2 is 1.19 bits per heavy atom. The van der Waals surface area contributed by atoms with Gasteiger partial charge >= 0.3 is 0 Å². The van der Waals surface area contributed by atoms with Crippen molar-refractivity contribution in [2.45, 2.75) is 51.1 Å². The zero-order valence-corrected chi connectivity index (χ0v) is 16.7. The summed E-state index contributed by atoms with van der Waals surface area (Å²) in [6, 6.07) is 17.7. The van der Waals surface area contributed by atoms with E-state index in [9.17, 15) is 9.59 Å². The van der Waals surface area contributed by atoms with Gasteiger partial charge in [0.2, 0.25) is 0 Å². The van der Waals surface area contributed by atoms with E-state index in [2.05, 4.69) is 38.1 Å². The van der Waals surface area contributed by atoms with Crippen molar-refractivity contribution in [3.63, 3.8) is 0 Å². The van der Waals surface area contributed by atoms with Crippen LogP contribution in [0.25, 0.3) is 10.8 Å². The molecule has 3 aromatic rings. The molecule has 2 heterocycles. The molecule has 1 aliphatic heterocycles. The van der Waals surface area contributed by atoms with Gasteiger partial charge in [-0.15, -0.1) is 0 Å². The van der Waals surface area contributed by atoms with Crippen LogP contribution in [-0.4, -0.2) is 9.36 Å². The van der Waals surface area contributed by atoms with E-state index < -0.39 is 7.92 Å². The van der Waals surface area contributed by atoms with Crippen molar-refractivity contribution in [3.8, 4) is 0 Å². The lowest BCUT2D eigenvalue weighted by Crippen LogP contribution is -2.37. The molecule has 1 aliphatic rings. The van der Waals surface area contributed by atoms with Crippen molar-refractivity contribution < 1.29 is 0 Å². The Bertz CT molecular complexity index is 1000. The van der Waals surface area contributed by atoms with Crippen LogP contribution in [0.2, 0.25) is 0 Å². The number of hydrogen-bond acceptors (Lipinski definition) is 2. The first-order valence-corrected chi connectivity index (χ1v) is 11.3. The van der Waals surface area contributed by atoms with E-state index in [1.807, 2.05) is 27.6 Å². The van der Waals surface area contributed by atoms with Crippen LogP contribution >= 0.6 is 7.92 Å². The maximum Gasteiger partial charge on any atom is 0.273 e. The van der Waals surface area contributed by atoms with Crippen molar-refractivity contribution in [1.82, 2.24) is 9.36 Å². The average Bonchev–Trinajstić information content (AvgIpc) is 3.02. The Labute approximate surface area is 160 Å². The monoisotopic (exact) mass is 380 g/mol. The second-order valence-electron chi connectivity index (χ2n) is 7.13. The minimum atomic E-state index is -0.675. The summed E-state index contributed by atoms with van der Waals surface area (Å²) in [4.78, 5) is 26.8. The van der Waals surface area contributed by atoms with Gasteiger partial charge < -0.3 is 0 Å². The molecule has 0 unspecified atom stereocenters. The van der Waals surface area contributed by atoms with Crippen LogP contribution in [0.15, 0.2) is 64.2 Å². The molecule has 0 fully saturated rings. The normalized spacial score (nSPS) is 19.5. The van der Waals surface area contributed by atoms with Crippen molar-refractivity contribution >= 4 is 24.0 Å². The minimum absolute atomic E-state index is 0.0225. The molecule has 0 bridgehead atoms. The highest BCUT2D eigenvalue weighted by atomic mass is 31.1. The molecular formula is C22H25N2O2P. The Morgan fingerprint density at radius 1 is 0.741 bits per heavy atom. The van der Waals surface area contributed by atoms with E-state index in [1.165, 1.54) is 5.30 Å². The summed E-state index contributed by atoms with van der Waals surface area (Å²) in [7, 11) is -0.675. The van der Waals surface area contributed by atoms with Crippen molar-refractivity contribution in [1.29, 1.82) is 0 Å². The first-order chi connectivity index (χ1) is 13.2. The van der Waals surface area contributed by atoms with E-state index in [1.54, 1.807) is 12.1 Å². The number of fused-ring (bicyclic) bond motifs is 2. The van der Waals surface area contributed by atoms with Gasteiger partial charge in [-0.05, 0) is 38.2 Å². The lowest BCUT2D eigenvalue weighted by atomic mass is 10.2. The highest BCUT2D eigenvalue weighted by Crippen LogP contribution is 2.63. The lowest BCUT2D eigenvalue weighted by Gasteiger charge is -2.24.